The normalized spacial score (nSPS) is 12.5. The number of anilines is 1. The van der Waals surface area contributed by atoms with Crippen molar-refractivity contribution < 1.29 is 4.79 Å². The lowest BCUT2D eigenvalue weighted by molar-refractivity contribution is -0.116. The maximum atomic E-state index is 11.5. The van der Waals surface area contributed by atoms with Gasteiger partial charge in [0.1, 0.15) is 0 Å². The predicted octanol–water partition coefficient (Wildman–Crippen LogP) is 0.747. The van der Waals surface area contributed by atoms with Gasteiger partial charge in [0.05, 0.1) is 11.9 Å². The van der Waals surface area contributed by atoms with Gasteiger partial charge >= 0.3 is 0 Å². The molecule has 0 spiro atoms. The lowest BCUT2D eigenvalue weighted by Gasteiger charge is -2.11. The van der Waals surface area contributed by atoms with Crippen LogP contribution in [0.15, 0.2) is 12.4 Å². The Kier molecular flexibility index (Phi) is 4.30. The summed E-state index contributed by atoms with van der Waals surface area (Å²) < 4.78 is 1.66. The summed E-state index contributed by atoms with van der Waals surface area (Å²) in [6.07, 6.45) is 3.88. The number of aromatic nitrogens is 2. The van der Waals surface area contributed by atoms with E-state index in [1.54, 1.807) is 17.1 Å². The van der Waals surface area contributed by atoms with Crippen LogP contribution in [0.4, 0.5) is 5.69 Å². The van der Waals surface area contributed by atoms with E-state index in [0.717, 1.165) is 12.2 Å². The molecule has 1 rings (SSSR count). The summed E-state index contributed by atoms with van der Waals surface area (Å²) in [5.74, 6) is 0.0106. The van der Waals surface area contributed by atoms with Crippen LogP contribution < -0.4 is 10.6 Å². The van der Waals surface area contributed by atoms with Crippen LogP contribution >= 0.6 is 0 Å². The zero-order valence-corrected chi connectivity index (χ0v) is 9.45. The van der Waals surface area contributed by atoms with E-state index in [2.05, 4.69) is 15.7 Å². The van der Waals surface area contributed by atoms with Gasteiger partial charge in [-0.25, -0.2) is 0 Å². The van der Waals surface area contributed by atoms with Gasteiger partial charge in [0.25, 0.3) is 0 Å². The highest BCUT2D eigenvalue weighted by Gasteiger charge is 2.08. The summed E-state index contributed by atoms with van der Waals surface area (Å²) in [6.45, 7) is 4.89. The van der Waals surface area contributed by atoms with Gasteiger partial charge in [-0.1, -0.05) is 6.92 Å². The number of carbonyl (C=O) groups excluding carboxylic acids is 1. The van der Waals surface area contributed by atoms with Gasteiger partial charge in [0.2, 0.25) is 5.91 Å². The monoisotopic (exact) mass is 210 g/mol. The first-order chi connectivity index (χ1) is 7.11. The molecule has 5 heteroatoms. The molecule has 0 bridgehead atoms. The van der Waals surface area contributed by atoms with Gasteiger partial charge in [0, 0.05) is 25.7 Å². The van der Waals surface area contributed by atoms with Crippen LogP contribution in [0.2, 0.25) is 0 Å². The van der Waals surface area contributed by atoms with Crippen molar-refractivity contribution in [1.82, 2.24) is 15.1 Å². The average molecular weight is 210 g/mol. The highest BCUT2D eigenvalue weighted by molar-refractivity contribution is 5.90. The van der Waals surface area contributed by atoms with Crippen LogP contribution in [-0.4, -0.2) is 28.3 Å². The Morgan fingerprint density at radius 3 is 2.93 bits per heavy atom. The lowest BCUT2D eigenvalue weighted by Crippen LogP contribution is -2.30. The third-order valence-corrected chi connectivity index (χ3v) is 2.03. The summed E-state index contributed by atoms with van der Waals surface area (Å²) in [5, 5.41) is 9.95. The number of carbonyl (C=O) groups is 1. The molecule has 0 aliphatic heterocycles. The van der Waals surface area contributed by atoms with Crippen LogP contribution in [0.1, 0.15) is 20.3 Å². The molecule has 1 heterocycles. The number of hydrogen-bond donors (Lipinski definition) is 2. The van der Waals surface area contributed by atoms with Crippen LogP contribution in [-0.2, 0) is 11.8 Å². The molecule has 1 aromatic heterocycles. The van der Waals surface area contributed by atoms with Crippen molar-refractivity contribution in [3.05, 3.63) is 12.4 Å². The summed E-state index contributed by atoms with van der Waals surface area (Å²) >= 11 is 0. The third kappa shape index (κ3) is 4.12. The Morgan fingerprint density at radius 2 is 2.40 bits per heavy atom. The molecule has 0 saturated heterocycles. The quantitative estimate of drug-likeness (QED) is 0.754. The molecule has 0 aliphatic rings. The number of rotatable bonds is 5. The zero-order chi connectivity index (χ0) is 11.3. The largest absolute Gasteiger partial charge is 0.323 e. The Bertz CT molecular complexity index is 321. The predicted molar refractivity (Wildman–Crippen MR) is 59.6 cm³/mol. The minimum absolute atomic E-state index is 0.0106. The maximum Gasteiger partial charge on any atom is 0.226 e. The molecular formula is C10H18N4O. The molecule has 0 saturated carbocycles. The Morgan fingerprint density at radius 1 is 1.67 bits per heavy atom. The highest BCUT2D eigenvalue weighted by Crippen LogP contribution is 2.04. The van der Waals surface area contributed by atoms with Crippen molar-refractivity contribution in [2.45, 2.75) is 26.3 Å². The first-order valence-corrected chi connectivity index (χ1v) is 5.13. The van der Waals surface area contributed by atoms with Crippen LogP contribution in [0, 0.1) is 0 Å². The van der Waals surface area contributed by atoms with Gasteiger partial charge in [-0.15, -0.1) is 0 Å². The Balaban J connectivity index is 2.36. The van der Waals surface area contributed by atoms with E-state index in [-0.39, 0.29) is 11.9 Å². The summed E-state index contributed by atoms with van der Waals surface area (Å²) in [7, 11) is 1.82. The zero-order valence-electron chi connectivity index (χ0n) is 9.45. The molecule has 1 unspecified atom stereocenters. The number of nitrogens with one attached hydrogen (secondary N) is 2. The average Bonchev–Trinajstić information content (AvgIpc) is 2.51. The van der Waals surface area contributed by atoms with Crippen molar-refractivity contribution in [3.63, 3.8) is 0 Å². The van der Waals surface area contributed by atoms with Gasteiger partial charge in [-0.2, -0.15) is 5.10 Å². The van der Waals surface area contributed by atoms with Crippen molar-refractivity contribution in [2.24, 2.45) is 7.05 Å². The van der Waals surface area contributed by atoms with Crippen LogP contribution in [0.25, 0.3) is 0 Å². The summed E-state index contributed by atoms with van der Waals surface area (Å²) in [4.78, 5) is 11.5. The van der Waals surface area contributed by atoms with E-state index in [0.29, 0.717) is 6.42 Å². The number of nitrogens with zero attached hydrogens (tertiary/aromatic N) is 2. The van der Waals surface area contributed by atoms with Crippen LogP contribution in [0.3, 0.4) is 0 Å². The van der Waals surface area contributed by atoms with E-state index in [1.165, 1.54) is 0 Å². The van der Waals surface area contributed by atoms with E-state index in [9.17, 15) is 4.79 Å². The molecule has 2 N–H and O–H groups in total. The van der Waals surface area contributed by atoms with Crippen LogP contribution in [0.5, 0.6) is 0 Å². The van der Waals surface area contributed by atoms with Crippen molar-refractivity contribution in [1.29, 1.82) is 0 Å². The smallest absolute Gasteiger partial charge is 0.226 e. The first kappa shape index (κ1) is 11.7. The fraction of sp³-hybridized carbons (Fsp3) is 0.600. The molecule has 1 atom stereocenters. The van der Waals surface area contributed by atoms with Gasteiger partial charge in [-0.05, 0) is 13.5 Å². The van der Waals surface area contributed by atoms with Crippen molar-refractivity contribution >= 4 is 11.6 Å². The first-order valence-electron chi connectivity index (χ1n) is 5.13. The molecule has 1 amide bonds. The molecule has 0 aromatic carbocycles. The second-order valence-electron chi connectivity index (χ2n) is 3.61. The SMILES string of the molecule is CCNC(C)CC(=O)Nc1cnn(C)c1. The molecule has 1 aromatic rings. The fourth-order valence-electron chi connectivity index (χ4n) is 1.40. The maximum absolute atomic E-state index is 11.5. The standard InChI is InChI=1S/C10H18N4O/c1-4-11-8(2)5-10(15)13-9-6-12-14(3)7-9/h6-8,11H,4-5H2,1-3H3,(H,13,15). The Labute approximate surface area is 89.9 Å². The summed E-state index contributed by atoms with van der Waals surface area (Å²) in [6, 6.07) is 0.201. The third-order valence-electron chi connectivity index (χ3n) is 2.03. The summed E-state index contributed by atoms with van der Waals surface area (Å²) in [5.41, 5.74) is 0.742. The lowest BCUT2D eigenvalue weighted by atomic mass is 10.2. The van der Waals surface area contributed by atoms with Gasteiger partial charge in [0.15, 0.2) is 0 Å². The van der Waals surface area contributed by atoms with Gasteiger partial charge < -0.3 is 10.6 Å². The molecule has 5 nitrogen and oxygen atoms in total. The highest BCUT2D eigenvalue weighted by atomic mass is 16.1. The van der Waals surface area contributed by atoms with E-state index >= 15 is 0 Å². The minimum Gasteiger partial charge on any atom is -0.323 e. The number of aryl methyl sites for hydroxylation is 1. The fourth-order valence-corrected chi connectivity index (χ4v) is 1.40. The molecule has 84 valence electrons. The molecule has 0 radical (unpaired) electrons. The van der Waals surface area contributed by atoms with E-state index in [4.69, 9.17) is 0 Å². The topological polar surface area (TPSA) is 59.0 Å². The second-order valence-corrected chi connectivity index (χ2v) is 3.61. The molecule has 0 fully saturated rings. The minimum atomic E-state index is 0.0106. The number of hydrogen-bond acceptors (Lipinski definition) is 3. The van der Waals surface area contributed by atoms with Crippen molar-refractivity contribution in [2.75, 3.05) is 11.9 Å². The molecule has 15 heavy (non-hydrogen) atoms. The molecular weight excluding hydrogens is 192 g/mol. The molecule has 0 aliphatic carbocycles. The van der Waals surface area contributed by atoms with Gasteiger partial charge in [-0.3, -0.25) is 9.48 Å². The second kappa shape index (κ2) is 5.50. The van der Waals surface area contributed by atoms with E-state index in [1.807, 2.05) is 20.9 Å². The van der Waals surface area contributed by atoms with Crippen molar-refractivity contribution in [3.8, 4) is 0 Å². The van der Waals surface area contributed by atoms with E-state index < -0.39 is 0 Å². The number of amides is 1. The Hall–Kier alpha value is -1.36.